The molecule has 0 aliphatic heterocycles. The highest BCUT2D eigenvalue weighted by Gasteiger charge is 2.21. The lowest BCUT2D eigenvalue weighted by Gasteiger charge is -2.11. The van der Waals surface area contributed by atoms with Crippen molar-refractivity contribution in [3.05, 3.63) is 65.5 Å². The van der Waals surface area contributed by atoms with Crippen LogP contribution in [0.2, 0.25) is 0 Å². The first-order valence-corrected chi connectivity index (χ1v) is 7.06. The van der Waals surface area contributed by atoms with Gasteiger partial charge < -0.3 is 5.32 Å². The quantitative estimate of drug-likeness (QED) is 0.922. The summed E-state index contributed by atoms with van der Waals surface area (Å²) >= 11 is 0. The molecule has 1 aliphatic carbocycles. The number of benzene rings is 1. The standard InChI is InChI=1S/C17H18N2O/c20-17(8-7-13-4-3-9-18-12-13)19-16-10-14-5-1-2-6-15(14)11-16/h1-6,9,12,16H,7-8,10-11H2,(H,19,20). The number of rotatable bonds is 4. The predicted molar refractivity (Wildman–Crippen MR) is 78.3 cm³/mol. The Labute approximate surface area is 119 Å². The molecule has 0 radical (unpaired) electrons. The molecule has 2 aromatic rings. The van der Waals surface area contributed by atoms with Gasteiger partial charge in [0.15, 0.2) is 0 Å². The highest BCUT2D eigenvalue weighted by atomic mass is 16.1. The van der Waals surface area contributed by atoms with Crippen LogP contribution in [0.25, 0.3) is 0 Å². The van der Waals surface area contributed by atoms with E-state index in [1.807, 2.05) is 18.3 Å². The highest BCUT2D eigenvalue weighted by molar-refractivity contribution is 5.76. The van der Waals surface area contributed by atoms with Crippen LogP contribution in [0.15, 0.2) is 48.8 Å². The summed E-state index contributed by atoms with van der Waals surface area (Å²) in [5.74, 6) is 0.131. The van der Waals surface area contributed by atoms with E-state index in [-0.39, 0.29) is 11.9 Å². The molecule has 0 fully saturated rings. The second-order valence-electron chi connectivity index (χ2n) is 5.30. The van der Waals surface area contributed by atoms with Crippen molar-refractivity contribution in [3.63, 3.8) is 0 Å². The third-order valence-corrected chi connectivity index (χ3v) is 3.78. The first kappa shape index (κ1) is 12.9. The number of pyridine rings is 1. The van der Waals surface area contributed by atoms with Crippen LogP contribution in [-0.4, -0.2) is 16.9 Å². The lowest BCUT2D eigenvalue weighted by atomic mass is 10.1. The number of nitrogens with one attached hydrogen (secondary N) is 1. The average Bonchev–Trinajstić information content (AvgIpc) is 2.88. The molecule has 0 spiro atoms. The van der Waals surface area contributed by atoms with Crippen molar-refractivity contribution >= 4 is 5.91 Å². The van der Waals surface area contributed by atoms with Gasteiger partial charge in [0, 0.05) is 24.9 Å². The molecule has 3 heteroatoms. The van der Waals surface area contributed by atoms with Gasteiger partial charge in [0.1, 0.15) is 0 Å². The molecule has 0 saturated heterocycles. The van der Waals surface area contributed by atoms with Crippen molar-refractivity contribution in [2.24, 2.45) is 0 Å². The summed E-state index contributed by atoms with van der Waals surface area (Å²) < 4.78 is 0. The van der Waals surface area contributed by atoms with Crippen molar-refractivity contribution in [2.45, 2.75) is 31.7 Å². The molecule has 102 valence electrons. The topological polar surface area (TPSA) is 42.0 Å². The number of amides is 1. The molecular weight excluding hydrogens is 248 g/mol. The maximum atomic E-state index is 12.0. The molecule has 1 aliphatic rings. The molecule has 1 aromatic carbocycles. The summed E-state index contributed by atoms with van der Waals surface area (Å²) in [4.78, 5) is 16.1. The normalized spacial score (nSPS) is 14.0. The van der Waals surface area contributed by atoms with Gasteiger partial charge in [0.25, 0.3) is 0 Å². The van der Waals surface area contributed by atoms with Crippen LogP contribution in [0.5, 0.6) is 0 Å². The molecule has 3 rings (SSSR count). The van der Waals surface area contributed by atoms with Gasteiger partial charge in [-0.1, -0.05) is 30.3 Å². The number of aromatic nitrogens is 1. The first-order valence-electron chi connectivity index (χ1n) is 7.06. The molecule has 0 atom stereocenters. The summed E-state index contributed by atoms with van der Waals surface area (Å²) in [6.07, 6.45) is 6.75. The van der Waals surface area contributed by atoms with E-state index < -0.39 is 0 Å². The Kier molecular flexibility index (Phi) is 3.77. The number of hydrogen-bond acceptors (Lipinski definition) is 2. The average molecular weight is 266 g/mol. The molecule has 3 nitrogen and oxygen atoms in total. The number of aryl methyl sites for hydroxylation is 1. The van der Waals surface area contributed by atoms with E-state index in [2.05, 4.69) is 34.6 Å². The number of fused-ring (bicyclic) bond motifs is 1. The maximum Gasteiger partial charge on any atom is 0.220 e. The van der Waals surface area contributed by atoms with Crippen molar-refractivity contribution in [1.29, 1.82) is 0 Å². The fourth-order valence-corrected chi connectivity index (χ4v) is 2.76. The summed E-state index contributed by atoms with van der Waals surface area (Å²) in [5.41, 5.74) is 3.84. The smallest absolute Gasteiger partial charge is 0.220 e. The van der Waals surface area contributed by atoms with E-state index in [9.17, 15) is 4.79 Å². The zero-order chi connectivity index (χ0) is 13.8. The lowest BCUT2D eigenvalue weighted by Crippen LogP contribution is -2.35. The Hall–Kier alpha value is -2.16. The number of hydrogen-bond donors (Lipinski definition) is 1. The summed E-state index contributed by atoms with van der Waals surface area (Å²) in [6, 6.07) is 12.6. The molecule has 0 unspecified atom stereocenters. The molecule has 1 amide bonds. The van der Waals surface area contributed by atoms with Gasteiger partial charge in [0.05, 0.1) is 0 Å². The Bertz CT molecular complexity index is 570. The zero-order valence-corrected chi connectivity index (χ0v) is 11.4. The van der Waals surface area contributed by atoms with E-state index in [1.54, 1.807) is 6.20 Å². The monoisotopic (exact) mass is 266 g/mol. The van der Waals surface area contributed by atoms with Gasteiger partial charge in [-0.05, 0) is 42.0 Å². The van der Waals surface area contributed by atoms with Gasteiger partial charge in [-0.25, -0.2) is 0 Å². The molecule has 0 bridgehead atoms. The van der Waals surface area contributed by atoms with Gasteiger partial charge in [0.2, 0.25) is 5.91 Å². The van der Waals surface area contributed by atoms with Crippen LogP contribution in [0.1, 0.15) is 23.1 Å². The minimum absolute atomic E-state index is 0.131. The molecular formula is C17H18N2O. The van der Waals surface area contributed by atoms with Crippen molar-refractivity contribution in [1.82, 2.24) is 10.3 Å². The fourth-order valence-electron chi connectivity index (χ4n) is 2.76. The maximum absolute atomic E-state index is 12.0. The van der Waals surface area contributed by atoms with Gasteiger partial charge in [-0.3, -0.25) is 9.78 Å². The van der Waals surface area contributed by atoms with Crippen LogP contribution in [0, 0.1) is 0 Å². The molecule has 1 N–H and O–H groups in total. The molecule has 0 saturated carbocycles. The second-order valence-corrected chi connectivity index (χ2v) is 5.30. The Morgan fingerprint density at radius 3 is 2.55 bits per heavy atom. The van der Waals surface area contributed by atoms with E-state index in [4.69, 9.17) is 0 Å². The zero-order valence-electron chi connectivity index (χ0n) is 11.4. The number of carbonyl (C=O) groups is 1. The van der Waals surface area contributed by atoms with Gasteiger partial charge in [-0.2, -0.15) is 0 Å². The Morgan fingerprint density at radius 2 is 1.90 bits per heavy atom. The van der Waals surface area contributed by atoms with Crippen LogP contribution >= 0.6 is 0 Å². The minimum Gasteiger partial charge on any atom is -0.353 e. The van der Waals surface area contributed by atoms with Crippen molar-refractivity contribution in [2.75, 3.05) is 0 Å². The molecule has 20 heavy (non-hydrogen) atoms. The van der Waals surface area contributed by atoms with Crippen LogP contribution < -0.4 is 5.32 Å². The van der Waals surface area contributed by atoms with E-state index in [0.717, 1.165) is 24.8 Å². The minimum atomic E-state index is 0.131. The highest BCUT2D eigenvalue weighted by Crippen LogP contribution is 2.21. The van der Waals surface area contributed by atoms with Gasteiger partial charge in [-0.15, -0.1) is 0 Å². The first-order chi connectivity index (χ1) is 9.81. The number of carbonyl (C=O) groups excluding carboxylic acids is 1. The fraction of sp³-hybridized carbons (Fsp3) is 0.294. The predicted octanol–water partition coefficient (Wildman–Crippen LogP) is 2.30. The third-order valence-electron chi connectivity index (χ3n) is 3.78. The summed E-state index contributed by atoms with van der Waals surface area (Å²) in [7, 11) is 0. The third kappa shape index (κ3) is 3.05. The second kappa shape index (κ2) is 5.87. The van der Waals surface area contributed by atoms with Crippen LogP contribution in [0.4, 0.5) is 0 Å². The van der Waals surface area contributed by atoms with Crippen LogP contribution in [-0.2, 0) is 24.1 Å². The summed E-state index contributed by atoms with van der Waals surface area (Å²) in [6.45, 7) is 0. The Morgan fingerprint density at radius 1 is 1.15 bits per heavy atom. The van der Waals surface area contributed by atoms with Crippen LogP contribution in [0.3, 0.4) is 0 Å². The molecule has 1 aromatic heterocycles. The van der Waals surface area contributed by atoms with E-state index in [0.29, 0.717) is 6.42 Å². The largest absolute Gasteiger partial charge is 0.353 e. The van der Waals surface area contributed by atoms with Gasteiger partial charge >= 0.3 is 0 Å². The molecule has 1 heterocycles. The SMILES string of the molecule is O=C(CCc1cccnc1)NC1Cc2ccccc2C1. The Balaban J connectivity index is 1.49. The van der Waals surface area contributed by atoms with E-state index in [1.165, 1.54) is 11.1 Å². The van der Waals surface area contributed by atoms with E-state index >= 15 is 0 Å². The number of nitrogens with zero attached hydrogens (tertiary/aromatic N) is 1. The van der Waals surface area contributed by atoms with Crippen molar-refractivity contribution in [3.8, 4) is 0 Å². The summed E-state index contributed by atoms with van der Waals surface area (Å²) in [5, 5.41) is 3.14. The lowest BCUT2D eigenvalue weighted by molar-refractivity contribution is -0.121. The van der Waals surface area contributed by atoms with Crippen molar-refractivity contribution < 1.29 is 4.79 Å².